The lowest BCUT2D eigenvalue weighted by Gasteiger charge is -2.27. The van der Waals surface area contributed by atoms with Gasteiger partial charge in [0.15, 0.2) is 0 Å². The summed E-state index contributed by atoms with van der Waals surface area (Å²) >= 11 is 0. The van der Waals surface area contributed by atoms with E-state index in [2.05, 4.69) is 15.3 Å². The normalized spacial score (nSPS) is 16.3. The fourth-order valence-corrected chi connectivity index (χ4v) is 1.62. The summed E-state index contributed by atoms with van der Waals surface area (Å²) in [6.45, 7) is 3.99. The van der Waals surface area contributed by atoms with Crippen LogP contribution in [0.15, 0.2) is 12.3 Å². The third-order valence-electron chi connectivity index (χ3n) is 2.35. The van der Waals surface area contributed by atoms with Crippen LogP contribution in [0.4, 0.5) is 4.79 Å². The van der Waals surface area contributed by atoms with Gasteiger partial charge in [0.25, 0.3) is 0 Å². The van der Waals surface area contributed by atoms with E-state index in [0.717, 1.165) is 31.0 Å². The Balaban J connectivity index is 2.04. The molecule has 15 heavy (non-hydrogen) atoms. The lowest BCUT2D eigenvalue weighted by Crippen LogP contribution is -2.45. The number of nitrogens with zero attached hydrogens (tertiary/aromatic N) is 3. The number of carbonyl (C=O) groups is 1. The second-order valence-electron chi connectivity index (χ2n) is 3.60. The summed E-state index contributed by atoms with van der Waals surface area (Å²) in [5.41, 5.74) is 0.888. The molecule has 0 bridgehead atoms. The Bertz CT molecular complexity index is 366. The molecule has 0 aromatic carbocycles. The molecule has 1 aromatic rings. The summed E-state index contributed by atoms with van der Waals surface area (Å²) < 4.78 is 0. The summed E-state index contributed by atoms with van der Waals surface area (Å²) in [6.07, 6.45) is 2.72. The number of hydrogen-bond acceptors (Lipinski definition) is 3. The largest absolute Gasteiger partial charge is 0.338 e. The Labute approximate surface area is 88.5 Å². The van der Waals surface area contributed by atoms with Crippen LogP contribution in [-0.2, 0) is 6.54 Å². The van der Waals surface area contributed by atoms with Gasteiger partial charge >= 0.3 is 6.03 Å². The zero-order valence-corrected chi connectivity index (χ0v) is 8.73. The van der Waals surface area contributed by atoms with Crippen LogP contribution in [0.25, 0.3) is 0 Å². The lowest BCUT2D eigenvalue weighted by atomic mass is 10.3. The van der Waals surface area contributed by atoms with Gasteiger partial charge in [-0.25, -0.2) is 14.8 Å². The Kier molecular flexibility index (Phi) is 2.80. The molecule has 0 saturated carbocycles. The van der Waals surface area contributed by atoms with E-state index in [1.165, 1.54) is 0 Å². The van der Waals surface area contributed by atoms with Gasteiger partial charge in [0, 0.05) is 19.3 Å². The molecule has 1 saturated heterocycles. The van der Waals surface area contributed by atoms with Crippen LogP contribution in [0.3, 0.4) is 0 Å². The van der Waals surface area contributed by atoms with Crippen molar-refractivity contribution in [3.63, 3.8) is 0 Å². The summed E-state index contributed by atoms with van der Waals surface area (Å²) in [5.74, 6) is 0.741. The molecule has 1 aliphatic rings. The molecular formula is C10H14N4O. The molecular weight excluding hydrogens is 192 g/mol. The van der Waals surface area contributed by atoms with E-state index in [1.807, 2.05) is 13.0 Å². The molecule has 0 atom stereocenters. The van der Waals surface area contributed by atoms with E-state index in [-0.39, 0.29) is 6.03 Å². The smallest absolute Gasteiger partial charge is 0.317 e. The van der Waals surface area contributed by atoms with Crippen molar-refractivity contribution in [3.05, 3.63) is 23.8 Å². The molecule has 1 aliphatic heterocycles. The van der Waals surface area contributed by atoms with E-state index in [0.29, 0.717) is 6.54 Å². The summed E-state index contributed by atoms with van der Waals surface area (Å²) in [6, 6.07) is 1.84. The van der Waals surface area contributed by atoms with E-state index >= 15 is 0 Å². The average Bonchev–Trinajstić information content (AvgIpc) is 2.22. The molecule has 2 amide bonds. The van der Waals surface area contributed by atoms with Crippen molar-refractivity contribution >= 4 is 6.03 Å². The fraction of sp³-hybridized carbons (Fsp3) is 0.500. The van der Waals surface area contributed by atoms with Crippen molar-refractivity contribution in [2.75, 3.05) is 13.1 Å². The summed E-state index contributed by atoms with van der Waals surface area (Å²) in [5, 5.41) is 2.81. The number of hydrogen-bond donors (Lipinski definition) is 1. The van der Waals surface area contributed by atoms with Crippen LogP contribution >= 0.6 is 0 Å². The van der Waals surface area contributed by atoms with Gasteiger partial charge in [-0.05, 0) is 19.4 Å². The molecule has 1 N–H and O–H groups in total. The van der Waals surface area contributed by atoms with Crippen LogP contribution in [-0.4, -0.2) is 34.0 Å². The zero-order valence-electron chi connectivity index (χ0n) is 8.73. The van der Waals surface area contributed by atoms with Crippen molar-refractivity contribution in [1.82, 2.24) is 20.2 Å². The number of nitrogens with one attached hydrogen (secondary N) is 1. The van der Waals surface area contributed by atoms with Crippen LogP contribution < -0.4 is 5.32 Å². The molecule has 1 fully saturated rings. The first-order valence-electron chi connectivity index (χ1n) is 5.07. The van der Waals surface area contributed by atoms with Crippen molar-refractivity contribution in [3.8, 4) is 0 Å². The molecule has 80 valence electrons. The van der Waals surface area contributed by atoms with Gasteiger partial charge in [-0.2, -0.15) is 0 Å². The van der Waals surface area contributed by atoms with Crippen LogP contribution in [0, 0.1) is 6.92 Å². The van der Waals surface area contributed by atoms with Crippen LogP contribution in [0.1, 0.15) is 17.9 Å². The molecule has 5 nitrogen and oxygen atoms in total. The number of urea groups is 1. The Morgan fingerprint density at radius 1 is 1.60 bits per heavy atom. The molecule has 1 aromatic heterocycles. The van der Waals surface area contributed by atoms with Crippen molar-refractivity contribution in [2.45, 2.75) is 19.9 Å². The maximum atomic E-state index is 11.5. The number of aryl methyl sites for hydroxylation is 1. The molecule has 5 heteroatoms. The minimum absolute atomic E-state index is 0.00230. The first kappa shape index (κ1) is 9.89. The second-order valence-corrected chi connectivity index (χ2v) is 3.60. The second kappa shape index (κ2) is 4.25. The standard InChI is InChI=1S/C10H14N4O/c1-8-11-5-3-9(13-8)7-14-6-2-4-12-10(14)15/h3,5H,2,4,6-7H2,1H3,(H,12,15). The Morgan fingerprint density at radius 3 is 3.20 bits per heavy atom. The average molecular weight is 206 g/mol. The third kappa shape index (κ3) is 2.43. The van der Waals surface area contributed by atoms with Gasteiger partial charge in [-0.1, -0.05) is 0 Å². The number of amides is 2. The minimum Gasteiger partial charge on any atom is -0.338 e. The SMILES string of the molecule is Cc1nccc(CN2CCCNC2=O)n1. The molecule has 2 heterocycles. The van der Waals surface area contributed by atoms with Gasteiger partial charge < -0.3 is 10.2 Å². The maximum Gasteiger partial charge on any atom is 0.317 e. The third-order valence-corrected chi connectivity index (χ3v) is 2.35. The van der Waals surface area contributed by atoms with Gasteiger partial charge in [0.1, 0.15) is 5.82 Å². The van der Waals surface area contributed by atoms with E-state index < -0.39 is 0 Å². The zero-order chi connectivity index (χ0) is 10.7. The number of rotatable bonds is 2. The van der Waals surface area contributed by atoms with Crippen molar-refractivity contribution in [1.29, 1.82) is 0 Å². The van der Waals surface area contributed by atoms with Crippen molar-refractivity contribution < 1.29 is 4.79 Å². The molecule has 0 unspecified atom stereocenters. The monoisotopic (exact) mass is 206 g/mol. The molecule has 2 rings (SSSR count). The number of carbonyl (C=O) groups excluding carboxylic acids is 1. The number of aromatic nitrogens is 2. The highest BCUT2D eigenvalue weighted by Crippen LogP contribution is 2.05. The quantitative estimate of drug-likeness (QED) is 0.775. The van der Waals surface area contributed by atoms with E-state index in [9.17, 15) is 4.79 Å². The Morgan fingerprint density at radius 2 is 2.47 bits per heavy atom. The highest BCUT2D eigenvalue weighted by molar-refractivity contribution is 5.74. The predicted molar refractivity (Wildman–Crippen MR) is 55.2 cm³/mol. The lowest BCUT2D eigenvalue weighted by molar-refractivity contribution is 0.182. The first-order chi connectivity index (χ1) is 7.25. The minimum atomic E-state index is -0.00230. The van der Waals surface area contributed by atoms with E-state index in [4.69, 9.17) is 0 Å². The molecule has 0 radical (unpaired) electrons. The van der Waals surface area contributed by atoms with Gasteiger partial charge in [-0.3, -0.25) is 0 Å². The molecule has 0 spiro atoms. The fourth-order valence-electron chi connectivity index (χ4n) is 1.62. The maximum absolute atomic E-state index is 11.5. The topological polar surface area (TPSA) is 58.1 Å². The van der Waals surface area contributed by atoms with Gasteiger partial charge in [-0.15, -0.1) is 0 Å². The van der Waals surface area contributed by atoms with Gasteiger partial charge in [0.2, 0.25) is 0 Å². The summed E-state index contributed by atoms with van der Waals surface area (Å²) in [4.78, 5) is 21.5. The van der Waals surface area contributed by atoms with Crippen molar-refractivity contribution in [2.24, 2.45) is 0 Å². The highest BCUT2D eigenvalue weighted by atomic mass is 16.2. The summed E-state index contributed by atoms with van der Waals surface area (Å²) in [7, 11) is 0. The van der Waals surface area contributed by atoms with Crippen LogP contribution in [0.2, 0.25) is 0 Å². The van der Waals surface area contributed by atoms with E-state index in [1.54, 1.807) is 11.1 Å². The first-order valence-corrected chi connectivity index (χ1v) is 5.07. The predicted octanol–water partition coefficient (Wildman–Crippen LogP) is 0.700. The van der Waals surface area contributed by atoms with Crippen LogP contribution in [0.5, 0.6) is 0 Å². The van der Waals surface area contributed by atoms with Gasteiger partial charge in [0.05, 0.1) is 12.2 Å². The molecule has 0 aliphatic carbocycles. The highest BCUT2D eigenvalue weighted by Gasteiger charge is 2.17. The Hall–Kier alpha value is -1.65.